The van der Waals surface area contributed by atoms with Crippen molar-refractivity contribution in [3.63, 3.8) is 0 Å². The first kappa shape index (κ1) is 22.6. The first-order valence-electron chi connectivity index (χ1n) is 7.89. The summed E-state index contributed by atoms with van der Waals surface area (Å²) in [6.45, 7) is 0.105. The first-order valence-corrected chi connectivity index (χ1v) is 7.89. The molecule has 2 atom stereocenters. The molecule has 5 nitrogen and oxygen atoms in total. The number of fused-ring (bicyclic) bond motifs is 1. The van der Waals surface area contributed by atoms with Crippen LogP contribution in [0.2, 0.25) is 0 Å². The van der Waals surface area contributed by atoms with E-state index in [0.29, 0.717) is 4.90 Å². The van der Waals surface area contributed by atoms with Crippen molar-refractivity contribution < 1.29 is 58.6 Å². The Kier molecular flexibility index (Phi) is 5.37. The maximum Gasteiger partial charge on any atom is 0.435 e. The van der Waals surface area contributed by atoms with Crippen molar-refractivity contribution in [1.82, 2.24) is 4.90 Å². The normalized spacial score (nSPS) is 26.6. The van der Waals surface area contributed by atoms with Crippen molar-refractivity contribution in [2.45, 2.75) is 62.0 Å². The van der Waals surface area contributed by atoms with Crippen LogP contribution in [0.25, 0.3) is 0 Å². The maximum atomic E-state index is 13.0. The Morgan fingerprint density at radius 2 is 1.57 bits per heavy atom. The molecule has 2 aliphatic heterocycles. The molecule has 162 valence electrons. The summed E-state index contributed by atoms with van der Waals surface area (Å²) in [4.78, 5) is 24.7. The van der Waals surface area contributed by atoms with Gasteiger partial charge in [0.25, 0.3) is 0 Å². The molecular weight excluding hydrogens is 417 g/mol. The van der Waals surface area contributed by atoms with Crippen molar-refractivity contribution >= 4 is 11.9 Å². The molecule has 0 bridgehead atoms. The van der Waals surface area contributed by atoms with Gasteiger partial charge in [-0.1, -0.05) is 0 Å². The zero-order valence-electron chi connectivity index (χ0n) is 14.1. The molecule has 2 saturated heterocycles. The monoisotopic (exact) mass is 431 g/mol. The lowest BCUT2D eigenvalue weighted by atomic mass is 9.92. The fourth-order valence-corrected chi connectivity index (χ4v) is 3.53. The van der Waals surface area contributed by atoms with Gasteiger partial charge >= 0.3 is 30.1 Å². The van der Waals surface area contributed by atoms with Crippen molar-refractivity contribution in [3.05, 3.63) is 0 Å². The largest absolute Gasteiger partial charge is 0.464 e. The number of hydrogen-bond acceptors (Lipinski definition) is 4. The predicted molar refractivity (Wildman–Crippen MR) is 70.7 cm³/mol. The van der Waals surface area contributed by atoms with E-state index in [0.717, 1.165) is 0 Å². The fraction of sp³-hybridized carbons (Fsp3) is 0.857. The number of hydrogen-bond donors (Lipinski definition) is 0. The fourth-order valence-electron chi connectivity index (χ4n) is 3.53. The number of alkyl halides is 9. The van der Waals surface area contributed by atoms with Crippen LogP contribution in [0, 0.1) is 0 Å². The SMILES string of the molecule is CCOC(=O)[C@@]12CCC(=O)N1C[C@H](OC(C(F)(F)F)(C(F)(F)F)C(F)(F)F)C2. The zero-order chi connectivity index (χ0) is 21.8. The van der Waals surface area contributed by atoms with Crippen LogP contribution in [-0.2, 0) is 19.1 Å². The molecule has 2 fully saturated rings. The number of carbonyl (C=O) groups excluding carboxylic acids is 2. The average molecular weight is 431 g/mol. The Hall–Kier alpha value is -1.73. The van der Waals surface area contributed by atoms with Crippen LogP contribution in [0.5, 0.6) is 0 Å². The number of ether oxygens (including phenoxy) is 2. The summed E-state index contributed by atoms with van der Waals surface area (Å²) in [5, 5.41) is 0. The van der Waals surface area contributed by atoms with Crippen LogP contribution in [0.4, 0.5) is 39.5 Å². The van der Waals surface area contributed by atoms with E-state index in [1.165, 1.54) is 6.92 Å². The number of halogens is 9. The third-order valence-corrected chi connectivity index (χ3v) is 4.72. The summed E-state index contributed by atoms with van der Waals surface area (Å²) in [5.74, 6) is -1.93. The molecule has 0 spiro atoms. The smallest absolute Gasteiger partial charge is 0.435 e. The van der Waals surface area contributed by atoms with Crippen LogP contribution < -0.4 is 0 Å². The van der Waals surface area contributed by atoms with Gasteiger partial charge in [0.05, 0.1) is 12.7 Å². The molecule has 0 aromatic carbocycles. The molecule has 28 heavy (non-hydrogen) atoms. The van der Waals surface area contributed by atoms with Gasteiger partial charge in [-0.05, 0) is 13.3 Å². The van der Waals surface area contributed by atoms with E-state index in [4.69, 9.17) is 4.74 Å². The van der Waals surface area contributed by atoms with E-state index < -0.39 is 60.6 Å². The maximum absolute atomic E-state index is 13.0. The van der Waals surface area contributed by atoms with E-state index in [9.17, 15) is 49.1 Å². The van der Waals surface area contributed by atoms with Gasteiger partial charge in [-0.3, -0.25) is 4.79 Å². The predicted octanol–water partition coefficient (Wildman–Crippen LogP) is 3.13. The van der Waals surface area contributed by atoms with Gasteiger partial charge < -0.3 is 14.4 Å². The van der Waals surface area contributed by atoms with Crippen LogP contribution >= 0.6 is 0 Å². The number of nitrogens with zero attached hydrogens (tertiary/aromatic N) is 1. The molecule has 0 unspecified atom stereocenters. The highest BCUT2D eigenvalue weighted by Crippen LogP contribution is 2.56. The van der Waals surface area contributed by atoms with E-state index in [-0.39, 0.29) is 19.4 Å². The Bertz CT molecular complexity index is 606. The molecule has 0 aromatic rings. The molecule has 14 heteroatoms. The van der Waals surface area contributed by atoms with Crippen molar-refractivity contribution in [2.24, 2.45) is 0 Å². The third kappa shape index (κ3) is 3.18. The standard InChI is InChI=1S/C14H14F9NO4/c1-2-27-9(26)10-4-3-8(25)24(10)6-7(5-10)28-11(12(15,16)17,13(18,19)20)14(21,22)23/h7H,2-6H2,1H3/t7-,10+/m1/s1. The van der Waals surface area contributed by atoms with Crippen LogP contribution in [0.3, 0.4) is 0 Å². The van der Waals surface area contributed by atoms with Gasteiger partial charge in [0.15, 0.2) is 0 Å². The van der Waals surface area contributed by atoms with Gasteiger partial charge in [0.1, 0.15) is 5.54 Å². The zero-order valence-corrected chi connectivity index (χ0v) is 14.1. The third-order valence-electron chi connectivity index (χ3n) is 4.72. The van der Waals surface area contributed by atoms with Gasteiger partial charge in [-0.25, -0.2) is 4.79 Å². The molecule has 0 saturated carbocycles. The van der Waals surface area contributed by atoms with Crippen LogP contribution in [0.1, 0.15) is 26.2 Å². The van der Waals surface area contributed by atoms with E-state index >= 15 is 0 Å². The van der Waals surface area contributed by atoms with Gasteiger partial charge in [-0.15, -0.1) is 0 Å². The minimum atomic E-state index is -6.89. The van der Waals surface area contributed by atoms with E-state index in [1.807, 2.05) is 0 Å². The quantitative estimate of drug-likeness (QED) is 0.507. The molecule has 0 aromatic heterocycles. The summed E-state index contributed by atoms with van der Waals surface area (Å²) in [6, 6.07) is 0. The number of carbonyl (C=O) groups is 2. The first-order chi connectivity index (χ1) is 12.5. The summed E-state index contributed by atoms with van der Waals surface area (Å²) in [7, 11) is 0. The molecule has 0 aliphatic carbocycles. The highest BCUT2D eigenvalue weighted by molar-refractivity contribution is 5.92. The van der Waals surface area contributed by atoms with Crippen LogP contribution in [-0.4, -0.2) is 65.7 Å². The minimum absolute atomic E-state index is 0.217. The minimum Gasteiger partial charge on any atom is -0.464 e. The summed E-state index contributed by atoms with van der Waals surface area (Å²) >= 11 is 0. The lowest BCUT2D eigenvalue weighted by molar-refractivity contribution is -0.463. The molecular formula is C14H14F9NO4. The highest BCUT2D eigenvalue weighted by Gasteiger charge is 2.86. The summed E-state index contributed by atoms with van der Waals surface area (Å²) < 4.78 is 126. The second-order valence-corrected chi connectivity index (χ2v) is 6.37. The van der Waals surface area contributed by atoms with Gasteiger partial charge in [-0.2, -0.15) is 39.5 Å². The summed E-state index contributed by atoms with van der Waals surface area (Å²) in [5.41, 5.74) is -8.41. The Morgan fingerprint density at radius 3 is 2.00 bits per heavy atom. The van der Waals surface area contributed by atoms with Crippen molar-refractivity contribution in [3.8, 4) is 0 Å². The Balaban J connectivity index is 2.45. The topological polar surface area (TPSA) is 55.8 Å². The second-order valence-electron chi connectivity index (χ2n) is 6.37. The van der Waals surface area contributed by atoms with Crippen LogP contribution in [0.15, 0.2) is 0 Å². The molecule has 2 aliphatic rings. The average Bonchev–Trinajstić information content (AvgIpc) is 2.99. The molecule has 2 heterocycles. The summed E-state index contributed by atoms with van der Waals surface area (Å²) in [6.07, 6.45) is -24.6. The van der Waals surface area contributed by atoms with Gasteiger partial charge in [0.2, 0.25) is 5.91 Å². The lowest BCUT2D eigenvalue weighted by Crippen LogP contribution is -2.68. The van der Waals surface area contributed by atoms with Gasteiger partial charge in [0, 0.05) is 19.4 Å². The van der Waals surface area contributed by atoms with E-state index in [1.54, 1.807) is 0 Å². The number of esters is 1. The number of rotatable bonds is 4. The molecule has 2 rings (SSSR count). The number of amides is 1. The Labute approximate surface area is 151 Å². The Morgan fingerprint density at radius 1 is 1.07 bits per heavy atom. The molecule has 0 N–H and O–H groups in total. The van der Waals surface area contributed by atoms with Crippen molar-refractivity contribution in [2.75, 3.05) is 13.2 Å². The molecule has 0 radical (unpaired) electrons. The van der Waals surface area contributed by atoms with E-state index in [2.05, 4.69) is 4.74 Å². The highest BCUT2D eigenvalue weighted by atomic mass is 19.4. The second kappa shape index (κ2) is 6.66. The molecule has 1 amide bonds. The lowest BCUT2D eigenvalue weighted by Gasteiger charge is -2.39. The van der Waals surface area contributed by atoms with Crippen molar-refractivity contribution in [1.29, 1.82) is 0 Å².